The highest BCUT2D eigenvalue weighted by Gasteiger charge is 2.24. The molecule has 1 aromatic heterocycles. The fourth-order valence-corrected chi connectivity index (χ4v) is 3.59. The molecule has 3 amide bonds. The summed E-state index contributed by atoms with van der Waals surface area (Å²) in [6.07, 6.45) is 0.346. The van der Waals surface area contributed by atoms with Gasteiger partial charge in [0.25, 0.3) is 5.91 Å². The molecule has 0 aliphatic carbocycles. The van der Waals surface area contributed by atoms with Gasteiger partial charge in [0.15, 0.2) is 0 Å². The van der Waals surface area contributed by atoms with Crippen LogP contribution in [0.1, 0.15) is 40.0 Å². The number of benzene rings is 2. The van der Waals surface area contributed by atoms with Crippen LogP contribution in [-0.4, -0.2) is 27.5 Å². The molecule has 8 nitrogen and oxygen atoms in total. The standard InChI is InChI=1S/C23H23N5O3/c1-14-10-15(2)12-19(11-14)27-20(13-16(3)25-27)24-23(31)17-4-6-18(7-5-17)28-22(30)9-8-21(29)26-28/h4-7,10-13H,8-9H2,1-3H3,(H,24,31)(H,26,29). The minimum Gasteiger partial charge on any atom is -0.306 e. The maximum absolute atomic E-state index is 12.8. The van der Waals surface area contributed by atoms with Gasteiger partial charge in [0.1, 0.15) is 5.82 Å². The number of rotatable bonds is 4. The molecule has 0 radical (unpaired) electrons. The van der Waals surface area contributed by atoms with Gasteiger partial charge < -0.3 is 5.32 Å². The number of carbonyl (C=O) groups is 3. The summed E-state index contributed by atoms with van der Waals surface area (Å²) in [5, 5.41) is 8.64. The molecule has 0 atom stereocenters. The van der Waals surface area contributed by atoms with Gasteiger partial charge in [0, 0.05) is 24.5 Å². The van der Waals surface area contributed by atoms with Crippen molar-refractivity contribution in [3.8, 4) is 5.69 Å². The monoisotopic (exact) mass is 417 g/mol. The number of anilines is 2. The number of nitrogens with zero attached hydrogens (tertiary/aromatic N) is 3. The fraction of sp³-hybridized carbons (Fsp3) is 0.217. The van der Waals surface area contributed by atoms with E-state index in [4.69, 9.17) is 0 Å². The van der Waals surface area contributed by atoms with E-state index in [1.165, 1.54) is 5.01 Å². The Hall–Kier alpha value is -3.94. The van der Waals surface area contributed by atoms with Gasteiger partial charge in [-0.15, -0.1) is 0 Å². The Balaban J connectivity index is 1.55. The molecule has 0 saturated carbocycles. The van der Waals surface area contributed by atoms with E-state index in [0.717, 1.165) is 22.5 Å². The lowest BCUT2D eigenvalue weighted by Gasteiger charge is -2.27. The summed E-state index contributed by atoms with van der Waals surface area (Å²) in [6, 6.07) is 14.4. The van der Waals surface area contributed by atoms with Crippen LogP contribution < -0.4 is 15.8 Å². The van der Waals surface area contributed by atoms with E-state index in [1.54, 1.807) is 28.9 Å². The van der Waals surface area contributed by atoms with Gasteiger partial charge in [-0.1, -0.05) is 6.07 Å². The molecule has 1 saturated heterocycles. The SMILES string of the molecule is Cc1cc(C)cc(-n2nc(C)cc2NC(=O)c2ccc(N3NC(=O)CCC3=O)cc2)c1. The van der Waals surface area contributed by atoms with Gasteiger partial charge in [-0.3, -0.25) is 19.8 Å². The van der Waals surface area contributed by atoms with Crippen LogP contribution in [0.2, 0.25) is 0 Å². The van der Waals surface area contributed by atoms with Crippen LogP contribution in [0.5, 0.6) is 0 Å². The Morgan fingerprint density at radius 1 is 0.935 bits per heavy atom. The second-order valence-corrected chi connectivity index (χ2v) is 7.69. The molecule has 31 heavy (non-hydrogen) atoms. The third-order valence-electron chi connectivity index (χ3n) is 4.96. The van der Waals surface area contributed by atoms with Crippen LogP contribution in [-0.2, 0) is 9.59 Å². The van der Waals surface area contributed by atoms with Crippen molar-refractivity contribution in [2.75, 3.05) is 10.3 Å². The van der Waals surface area contributed by atoms with Gasteiger partial charge in [-0.05, 0) is 68.3 Å². The summed E-state index contributed by atoms with van der Waals surface area (Å²) in [7, 11) is 0. The van der Waals surface area contributed by atoms with Crippen LogP contribution >= 0.6 is 0 Å². The highest BCUT2D eigenvalue weighted by atomic mass is 16.2. The third-order valence-corrected chi connectivity index (χ3v) is 4.96. The Morgan fingerprint density at radius 2 is 1.61 bits per heavy atom. The predicted octanol–water partition coefficient (Wildman–Crippen LogP) is 3.21. The average molecular weight is 417 g/mol. The van der Waals surface area contributed by atoms with Crippen LogP contribution in [0.4, 0.5) is 11.5 Å². The number of hydrogen-bond acceptors (Lipinski definition) is 4. The van der Waals surface area contributed by atoms with E-state index in [9.17, 15) is 14.4 Å². The van der Waals surface area contributed by atoms with Gasteiger partial charge >= 0.3 is 0 Å². The molecule has 0 bridgehead atoms. The number of amides is 3. The maximum atomic E-state index is 12.8. The van der Waals surface area contributed by atoms with E-state index < -0.39 is 0 Å². The fourth-order valence-electron chi connectivity index (χ4n) is 3.59. The van der Waals surface area contributed by atoms with Gasteiger partial charge in [-0.2, -0.15) is 5.10 Å². The van der Waals surface area contributed by atoms with Crippen LogP contribution in [0, 0.1) is 20.8 Å². The maximum Gasteiger partial charge on any atom is 0.256 e. The van der Waals surface area contributed by atoms with E-state index >= 15 is 0 Å². The summed E-state index contributed by atoms with van der Waals surface area (Å²) >= 11 is 0. The van der Waals surface area contributed by atoms with Gasteiger partial charge in [0.2, 0.25) is 11.8 Å². The zero-order chi connectivity index (χ0) is 22.1. The lowest BCUT2D eigenvalue weighted by molar-refractivity contribution is -0.130. The first kappa shape index (κ1) is 20.3. The van der Waals surface area contributed by atoms with E-state index in [0.29, 0.717) is 17.1 Å². The van der Waals surface area contributed by atoms with Crippen molar-refractivity contribution in [2.24, 2.45) is 0 Å². The van der Waals surface area contributed by atoms with Crippen LogP contribution in [0.15, 0.2) is 48.5 Å². The van der Waals surface area contributed by atoms with E-state index in [1.807, 2.05) is 39.0 Å². The summed E-state index contributed by atoms with van der Waals surface area (Å²) in [5.74, 6) is -0.137. The van der Waals surface area contributed by atoms with Crippen molar-refractivity contribution in [3.63, 3.8) is 0 Å². The van der Waals surface area contributed by atoms with E-state index in [2.05, 4.69) is 21.9 Å². The number of nitrogens with one attached hydrogen (secondary N) is 2. The second kappa shape index (κ2) is 8.06. The molecule has 8 heteroatoms. The van der Waals surface area contributed by atoms with Crippen molar-refractivity contribution >= 4 is 29.2 Å². The normalized spacial score (nSPS) is 13.8. The lowest BCUT2D eigenvalue weighted by atomic mass is 10.1. The van der Waals surface area contributed by atoms with Gasteiger partial charge in [-0.25, -0.2) is 9.69 Å². The summed E-state index contributed by atoms with van der Waals surface area (Å²) in [5.41, 5.74) is 7.33. The van der Waals surface area contributed by atoms with Crippen molar-refractivity contribution in [2.45, 2.75) is 33.6 Å². The molecule has 0 unspecified atom stereocenters. The molecule has 2 heterocycles. The number of hydrazine groups is 1. The summed E-state index contributed by atoms with van der Waals surface area (Å²) in [6.45, 7) is 5.90. The molecule has 158 valence electrons. The smallest absolute Gasteiger partial charge is 0.256 e. The second-order valence-electron chi connectivity index (χ2n) is 7.69. The molecule has 4 rings (SSSR count). The number of carbonyl (C=O) groups excluding carboxylic acids is 3. The van der Waals surface area contributed by atoms with Crippen LogP contribution in [0.3, 0.4) is 0 Å². The molecule has 2 aromatic carbocycles. The minimum absolute atomic E-state index is 0.163. The van der Waals surface area contributed by atoms with Crippen molar-refractivity contribution < 1.29 is 14.4 Å². The molecule has 0 spiro atoms. The van der Waals surface area contributed by atoms with Crippen molar-refractivity contribution in [1.82, 2.24) is 15.2 Å². The number of hydrogen-bond donors (Lipinski definition) is 2. The first-order chi connectivity index (χ1) is 14.8. The Morgan fingerprint density at radius 3 is 2.29 bits per heavy atom. The zero-order valence-corrected chi connectivity index (χ0v) is 17.6. The van der Waals surface area contributed by atoms with Crippen molar-refractivity contribution in [3.05, 3.63) is 70.9 Å². The number of aromatic nitrogens is 2. The first-order valence-electron chi connectivity index (χ1n) is 9.99. The molecule has 1 aliphatic rings. The largest absolute Gasteiger partial charge is 0.306 e. The molecular weight excluding hydrogens is 394 g/mol. The predicted molar refractivity (Wildman–Crippen MR) is 117 cm³/mol. The third kappa shape index (κ3) is 4.32. The highest BCUT2D eigenvalue weighted by Crippen LogP contribution is 2.22. The summed E-state index contributed by atoms with van der Waals surface area (Å²) < 4.78 is 1.71. The molecule has 3 aromatic rings. The quantitative estimate of drug-likeness (QED) is 0.681. The van der Waals surface area contributed by atoms with Crippen LogP contribution in [0.25, 0.3) is 5.69 Å². The van der Waals surface area contributed by atoms with Gasteiger partial charge in [0.05, 0.1) is 17.1 Å². The number of aryl methyl sites for hydroxylation is 3. The van der Waals surface area contributed by atoms with Crippen molar-refractivity contribution in [1.29, 1.82) is 0 Å². The lowest BCUT2D eigenvalue weighted by Crippen LogP contribution is -2.50. The molecular formula is C23H23N5O3. The summed E-state index contributed by atoms with van der Waals surface area (Å²) in [4.78, 5) is 36.5. The topological polar surface area (TPSA) is 96.3 Å². The molecule has 1 fully saturated rings. The van der Waals surface area contributed by atoms with E-state index in [-0.39, 0.29) is 30.6 Å². The highest BCUT2D eigenvalue weighted by molar-refractivity contribution is 6.05. The molecule has 1 aliphatic heterocycles. The Labute approximate surface area is 179 Å². The zero-order valence-electron chi connectivity index (χ0n) is 17.6. The molecule has 2 N–H and O–H groups in total. The minimum atomic E-state index is -0.300. The Bertz CT molecular complexity index is 1160. The first-order valence-corrected chi connectivity index (χ1v) is 9.99. The average Bonchev–Trinajstić information content (AvgIpc) is 3.09. The Kier molecular flexibility index (Phi) is 5.29.